The zero-order chi connectivity index (χ0) is 25.6. The standard InChI is InChI=1S/C25H23F4N3O4/c26-17-12-30-22-21(20-16(24(34)35)2-1-3-18(20)31-22)19(17)13-8-10-32(11-9-13)23(33)14-4-6-15(7-5-14)36-25(27,28)29/h4-7,12-13,16H,1-3,8-11H2,(H,30,31)(H,34,35)/t16-/m0/s1. The molecule has 3 heterocycles. The van der Waals surface area contributed by atoms with Crippen molar-refractivity contribution < 1.29 is 37.0 Å². The molecule has 2 N–H and O–H groups in total. The van der Waals surface area contributed by atoms with E-state index < -0.39 is 29.8 Å². The number of hydrogen-bond donors (Lipinski definition) is 2. The highest BCUT2D eigenvalue weighted by Gasteiger charge is 2.35. The first kappa shape index (κ1) is 24.1. The average molecular weight is 505 g/mol. The largest absolute Gasteiger partial charge is 0.573 e. The van der Waals surface area contributed by atoms with Crippen LogP contribution >= 0.6 is 0 Å². The summed E-state index contributed by atoms with van der Waals surface area (Å²) in [5.41, 5.74) is 2.54. The Kier molecular flexibility index (Phi) is 6.09. The highest BCUT2D eigenvalue weighted by molar-refractivity contribution is 5.94. The number of likely N-dealkylation sites (tertiary alicyclic amines) is 1. The lowest BCUT2D eigenvalue weighted by atomic mass is 9.81. The number of benzene rings is 1. The molecule has 1 saturated heterocycles. The monoisotopic (exact) mass is 505 g/mol. The van der Waals surface area contributed by atoms with Gasteiger partial charge in [-0.25, -0.2) is 9.37 Å². The van der Waals surface area contributed by atoms with Gasteiger partial charge in [-0.2, -0.15) is 0 Å². The van der Waals surface area contributed by atoms with Gasteiger partial charge in [0.05, 0.1) is 12.1 Å². The molecular weight excluding hydrogens is 482 g/mol. The fraction of sp³-hybridized carbons (Fsp3) is 0.400. The molecule has 2 aromatic heterocycles. The van der Waals surface area contributed by atoms with Gasteiger partial charge in [0.1, 0.15) is 17.2 Å². The Labute approximate surface area is 203 Å². The van der Waals surface area contributed by atoms with Crippen LogP contribution in [0, 0.1) is 5.82 Å². The van der Waals surface area contributed by atoms with E-state index in [0.29, 0.717) is 60.9 Å². The number of carboxylic acids is 1. The van der Waals surface area contributed by atoms with Crippen molar-refractivity contribution in [2.24, 2.45) is 0 Å². The summed E-state index contributed by atoms with van der Waals surface area (Å²) in [6.07, 6.45) is -0.884. The van der Waals surface area contributed by atoms with Crippen LogP contribution < -0.4 is 4.74 Å². The second-order valence-electron chi connectivity index (χ2n) is 9.18. The molecule has 7 nitrogen and oxygen atoms in total. The Bertz CT molecular complexity index is 1310. The molecule has 0 spiro atoms. The first-order valence-corrected chi connectivity index (χ1v) is 11.7. The van der Waals surface area contributed by atoms with Crippen molar-refractivity contribution in [3.05, 3.63) is 58.7 Å². The number of carbonyl (C=O) groups excluding carboxylic acids is 1. The van der Waals surface area contributed by atoms with Gasteiger partial charge in [-0.15, -0.1) is 13.2 Å². The number of nitrogens with one attached hydrogen (secondary N) is 1. The van der Waals surface area contributed by atoms with Gasteiger partial charge in [0.15, 0.2) is 0 Å². The van der Waals surface area contributed by atoms with Crippen LogP contribution in [0.25, 0.3) is 11.0 Å². The van der Waals surface area contributed by atoms with Crippen molar-refractivity contribution in [2.75, 3.05) is 13.1 Å². The highest BCUT2D eigenvalue weighted by atomic mass is 19.4. The van der Waals surface area contributed by atoms with Gasteiger partial charge in [0.25, 0.3) is 5.91 Å². The van der Waals surface area contributed by atoms with Crippen molar-refractivity contribution in [1.29, 1.82) is 0 Å². The van der Waals surface area contributed by atoms with Crippen LogP contribution in [0.5, 0.6) is 5.75 Å². The van der Waals surface area contributed by atoms with E-state index in [-0.39, 0.29) is 17.4 Å². The van der Waals surface area contributed by atoms with Crippen LogP contribution in [0.15, 0.2) is 30.5 Å². The van der Waals surface area contributed by atoms with Gasteiger partial charge in [-0.3, -0.25) is 9.59 Å². The molecule has 11 heteroatoms. The molecule has 1 aliphatic heterocycles. The molecule has 190 valence electrons. The lowest BCUT2D eigenvalue weighted by Crippen LogP contribution is -2.38. The summed E-state index contributed by atoms with van der Waals surface area (Å²) in [5.74, 6) is -3.15. The van der Waals surface area contributed by atoms with Crippen LogP contribution in [-0.2, 0) is 11.2 Å². The average Bonchev–Trinajstić information content (AvgIpc) is 3.22. The molecule has 0 radical (unpaired) electrons. The lowest BCUT2D eigenvalue weighted by Gasteiger charge is -2.33. The molecule has 1 fully saturated rings. The van der Waals surface area contributed by atoms with Gasteiger partial charge in [0.2, 0.25) is 0 Å². The normalized spacial score (nSPS) is 18.8. The zero-order valence-electron chi connectivity index (χ0n) is 19.1. The SMILES string of the molecule is O=C(O)[C@H]1CCCc2[nH]c3ncc(F)c(C4CCN(C(=O)c5ccc(OC(F)(F)F)cc5)CC4)c3c21. The van der Waals surface area contributed by atoms with E-state index in [9.17, 15) is 27.9 Å². The molecule has 0 saturated carbocycles. The number of ether oxygens (including phenoxy) is 1. The second kappa shape index (κ2) is 9.11. The number of rotatable bonds is 4. The number of alkyl halides is 3. The smallest absolute Gasteiger partial charge is 0.481 e. The fourth-order valence-corrected chi connectivity index (χ4v) is 5.44. The molecule has 36 heavy (non-hydrogen) atoms. The topological polar surface area (TPSA) is 95.5 Å². The number of H-pyrrole nitrogens is 1. The summed E-state index contributed by atoms with van der Waals surface area (Å²) in [4.78, 5) is 33.8. The number of halogens is 4. The van der Waals surface area contributed by atoms with Gasteiger partial charge in [-0.1, -0.05) is 0 Å². The molecule has 1 aliphatic carbocycles. The minimum absolute atomic E-state index is 0.226. The summed E-state index contributed by atoms with van der Waals surface area (Å²) in [5, 5.41) is 10.3. The third-order valence-electron chi connectivity index (χ3n) is 7.03. The number of aryl methyl sites for hydroxylation is 1. The van der Waals surface area contributed by atoms with Crippen LogP contribution in [-0.4, -0.2) is 51.3 Å². The Morgan fingerprint density at radius 3 is 2.42 bits per heavy atom. The molecule has 1 aromatic carbocycles. The summed E-state index contributed by atoms with van der Waals surface area (Å²) in [6, 6.07) is 4.73. The van der Waals surface area contributed by atoms with Crippen molar-refractivity contribution in [2.45, 2.75) is 50.3 Å². The van der Waals surface area contributed by atoms with Crippen molar-refractivity contribution in [3.63, 3.8) is 0 Å². The predicted molar refractivity (Wildman–Crippen MR) is 120 cm³/mol. The maximum Gasteiger partial charge on any atom is 0.573 e. The molecule has 1 amide bonds. The third-order valence-corrected chi connectivity index (χ3v) is 7.03. The van der Waals surface area contributed by atoms with E-state index in [4.69, 9.17) is 0 Å². The molecule has 5 rings (SSSR count). The molecule has 0 bridgehead atoms. The number of amides is 1. The summed E-state index contributed by atoms with van der Waals surface area (Å²) in [6.45, 7) is 0.644. The van der Waals surface area contributed by atoms with E-state index in [1.54, 1.807) is 4.90 Å². The quantitative estimate of drug-likeness (QED) is 0.480. The van der Waals surface area contributed by atoms with Crippen molar-refractivity contribution in [1.82, 2.24) is 14.9 Å². The van der Waals surface area contributed by atoms with Crippen LogP contribution in [0.1, 0.15) is 64.7 Å². The number of carbonyl (C=O) groups is 2. The number of hydrogen-bond acceptors (Lipinski definition) is 4. The number of pyridine rings is 1. The van der Waals surface area contributed by atoms with E-state index in [2.05, 4.69) is 14.7 Å². The molecular formula is C25H23F4N3O4. The summed E-state index contributed by atoms with van der Waals surface area (Å²) < 4.78 is 56.1. The van der Waals surface area contributed by atoms with Crippen LogP contribution in [0.2, 0.25) is 0 Å². The number of piperidine rings is 1. The number of fused-ring (bicyclic) bond motifs is 3. The number of carboxylic acid groups (broad SMARTS) is 1. The maximum atomic E-state index is 15.2. The van der Waals surface area contributed by atoms with Gasteiger partial charge in [-0.05, 0) is 67.9 Å². The molecule has 2 aliphatic rings. The Hall–Kier alpha value is -3.63. The summed E-state index contributed by atoms with van der Waals surface area (Å²) >= 11 is 0. The zero-order valence-corrected chi connectivity index (χ0v) is 19.1. The molecule has 1 atom stereocenters. The second-order valence-corrected chi connectivity index (χ2v) is 9.18. The molecule has 3 aromatic rings. The Morgan fingerprint density at radius 2 is 1.78 bits per heavy atom. The summed E-state index contributed by atoms with van der Waals surface area (Å²) in [7, 11) is 0. The number of aliphatic carboxylic acids is 1. The minimum atomic E-state index is -4.82. The predicted octanol–water partition coefficient (Wildman–Crippen LogP) is 5.12. The highest BCUT2D eigenvalue weighted by Crippen LogP contribution is 2.43. The number of nitrogens with zero attached hydrogens (tertiary/aromatic N) is 2. The lowest BCUT2D eigenvalue weighted by molar-refractivity contribution is -0.274. The van der Waals surface area contributed by atoms with Crippen molar-refractivity contribution >= 4 is 22.9 Å². The van der Waals surface area contributed by atoms with Crippen molar-refractivity contribution in [3.8, 4) is 5.75 Å². The van der Waals surface area contributed by atoms with Gasteiger partial charge >= 0.3 is 12.3 Å². The van der Waals surface area contributed by atoms with E-state index in [1.807, 2.05) is 0 Å². The van der Waals surface area contributed by atoms with Crippen LogP contribution in [0.3, 0.4) is 0 Å². The molecule has 0 unspecified atom stereocenters. The van der Waals surface area contributed by atoms with Gasteiger partial charge < -0.3 is 19.7 Å². The fourth-order valence-electron chi connectivity index (χ4n) is 5.44. The Morgan fingerprint density at radius 1 is 1.08 bits per heavy atom. The third kappa shape index (κ3) is 4.49. The van der Waals surface area contributed by atoms with E-state index in [0.717, 1.165) is 30.4 Å². The first-order valence-electron chi connectivity index (χ1n) is 11.7. The maximum absolute atomic E-state index is 15.2. The first-order chi connectivity index (χ1) is 17.1. The number of aromatic amines is 1. The van der Waals surface area contributed by atoms with Gasteiger partial charge in [0, 0.05) is 35.3 Å². The minimum Gasteiger partial charge on any atom is -0.481 e. The Balaban J connectivity index is 1.36. The number of aromatic nitrogens is 2. The van der Waals surface area contributed by atoms with E-state index >= 15 is 4.39 Å². The van der Waals surface area contributed by atoms with Crippen LogP contribution in [0.4, 0.5) is 17.6 Å². The van der Waals surface area contributed by atoms with E-state index in [1.165, 1.54) is 12.1 Å².